The number of fused-ring (bicyclic) bond motifs is 1. The first-order chi connectivity index (χ1) is 9.11. The fourth-order valence-electron chi connectivity index (χ4n) is 3.24. The minimum absolute atomic E-state index is 0.00954. The van der Waals surface area contributed by atoms with E-state index in [0.29, 0.717) is 15.6 Å². The molecule has 2 aliphatic carbocycles. The highest BCUT2D eigenvalue weighted by Crippen LogP contribution is 2.55. The summed E-state index contributed by atoms with van der Waals surface area (Å²) in [5.74, 6) is 0.610. The van der Waals surface area contributed by atoms with Crippen LogP contribution in [0.2, 0.25) is 10.0 Å². The highest BCUT2D eigenvalue weighted by Gasteiger charge is 2.49. The fraction of sp³-hybridized carbons (Fsp3) is 0.467. The summed E-state index contributed by atoms with van der Waals surface area (Å²) in [7, 11) is 0. The third kappa shape index (κ3) is 2.26. The van der Waals surface area contributed by atoms with Gasteiger partial charge in [0.05, 0.1) is 6.07 Å². The van der Waals surface area contributed by atoms with Gasteiger partial charge in [-0.2, -0.15) is 5.26 Å². The van der Waals surface area contributed by atoms with Crippen molar-refractivity contribution in [3.8, 4) is 6.07 Å². The van der Waals surface area contributed by atoms with Gasteiger partial charge in [-0.3, -0.25) is 4.79 Å². The zero-order valence-electron chi connectivity index (χ0n) is 10.3. The van der Waals surface area contributed by atoms with Gasteiger partial charge in [0.1, 0.15) is 5.92 Å². The van der Waals surface area contributed by atoms with E-state index < -0.39 is 5.92 Å². The maximum atomic E-state index is 12.5. The first kappa shape index (κ1) is 13.0. The molecule has 3 rings (SSSR count). The highest BCUT2D eigenvalue weighted by atomic mass is 35.5. The van der Waals surface area contributed by atoms with Gasteiger partial charge in [0.25, 0.3) is 0 Å². The minimum atomic E-state index is -0.830. The molecule has 0 aliphatic heterocycles. The van der Waals surface area contributed by atoms with Crippen molar-refractivity contribution >= 4 is 29.0 Å². The number of hydrogen-bond donors (Lipinski definition) is 0. The molecule has 2 saturated carbocycles. The number of rotatable bonds is 3. The number of nitriles is 1. The lowest BCUT2D eigenvalue weighted by Gasteiger charge is -2.17. The zero-order chi connectivity index (χ0) is 13.6. The number of Topliss-reactive ketones (excluding diaryl/α,β-unsaturated/α-hetero) is 1. The van der Waals surface area contributed by atoms with Crippen LogP contribution >= 0.6 is 23.2 Å². The van der Waals surface area contributed by atoms with Crippen molar-refractivity contribution in [1.29, 1.82) is 5.26 Å². The van der Waals surface area contributed by atoms with Crippen LogP contribution in [-0.2, 0) is 4.79 Å². The van der Waals surface area contributed by atoms with Crippen LogP contribution in [0.15, 0.2) is 18.2 Å². The first-order valence-corrected chi connectivity index (χ1v) is 7.24. The van der Waals surface area contributed by atoms with E-state index in [1.807, 2.05) is 0 Å². The maximum Gasteiger partial charge on any atom is 0.157 e. The topological polar surface area (TPSA) is 40.9 Å². The van der Waals surface area contributed by atoms with Crippen LogP contribution < -0.4 is 0 Å². The van der Waals surface area contributed by atoms with Crippen LogP contribution in [-0.4, -0.2) is 5.78 Å². The van der Waals surface area contributed by atoms with Crippen LogP contribution in [0.4, 0.5) is 0 Å². The van der Waals surface area contributed by atoms with Gasteiger partial charge in [-0.05, 0) is 43.2 Å². The molecule has 19 heavy (non-hydrogen) atoms. The van der Waals surface area contributed by atoms with Crippen LogP contribution in [0.5, 0.6) is 0 Å². The van der Waals surface area contributed by atoms with Gasteiger partial charge in [-0.25, -0.2) is 0 Å². The summed E-state index contributed by atoms with van der Waals surface area (Å²) in [6.07, 6.45) is 3.13. The third-order valence-corrected chi connectivity index (χ3v) is 5.01. The van der Waals surface area contributed by atoms with E-state index >= 15 is 0 Å². The Hall–Kier alpha value is -1.04. The lowest BCUT2D eigenvalue weighted by Crippen LogP contribution is -2.21. The summed E-state index contributed by atoms with van der Waals surface area (Å²) in [6, 6.07) is 7.15. The van der Waals surface area contributed by atoms with Crippen LogP contribution in [0.1, 0.15) is 30.7 Å². The Balaban J connectivity index is 1.88. The van der Waals surface area contributed by atoms with E-state index in [1.165, 1.54) is 6.42 Å². The molecular formula is C15H13Cl2NO. The summed E-state index contributed by atoms with van der Waals surface area (Å²) in [6.45, 7) is 0. The Bertz CT molecular complexity index is 548. The van der Waals surface area contributed by atoms with Crippen LogP contribution in [0.25, 0.3) is 0 Å². The molecule has 0 spiro atoms. The lowest BCUT2D eigenvalue weighted by atomic mass is 9.86. The van der Waals surface area contributed by atoms with Crippen LogP contribution in [0, 0.1) is 29.1 Å². The van der Waals surface area contributed by atoms with Gasteiger partial charge in [0, 0.05) is 21.5 Å². The Morgan fingerprint density at radius 2 is 1.79 bits per heavy atom. The Morgan fingerprint density at radius 1 is 1.21 bits per heavy atom. The molecule has 2 aliphatic rings. The van der Waals surface area contributed by atoms with Gasteiger partial charge in [0.2, 0.25) is 0 Å². The molecule has 0 amide bonds. The average molecular weight is 294 g/mol. The largest absolute Gasteiger partial charge is 0.298 e. The summed E-state index contributed by atoms with van der Waals surface area (Å²) in [4.78, 5) is 12.5. The molecule has 0 radical (unpaired) electrons. The van der Waals surface area contributed by atoms with Crippen molar-refractivity contribution in [2.45, 2.75) is 25.2 Å². The monoisotopic (exact) mass is 293 g/mol. The average Bonchev–Trinajstić information content (AvgIpc) is 3.00. The van der Waals surface area contributed by atoms with Crippen molar-refractivity contribution in [3.05, 3.63) is 33.8 Å². The number of carbonyl (C=O) groups excluding carboxylic acids is 1. The van der Waals surface area contributed by atoms with Gasteiger partial charge in [0.15, 0.2) is 5.78 Å². The Kier molecular flexibility index (Phi) is 3.28. The summed E-state index contributed by atoms with van der Waals surface area (Å²) in [5, 5.41) is 10.1. The molecule has 1 aromatic rings. The van der Waals surface area contributed by atoms with Crippen molar-refractivity contribution < 1.29 is 4.79 Å². The molecule has 3 atom stereocenters. The Labute approximate surface area is 122 Å². The molecule has 0 aromatic heterocycles. The molecule has 0 saturated heterocycles. The summed E-state index contributed by atoms with van der Waals surface area (Å²) >= 11 is 12.2. The van der Waals surface area contributed by atoms with Gasteiger partial charge in [-0.1, -0.05) is 29.3 Å². The zero-order valence-corrected chi connectivity index (χ0v) is 11.8. The number of carbonyl (C=O) groups is 1. The van der Waals surface area contributed by atoms with Crippen molar-refractivity contribution in [3.63, 3.8) is 0 Å². The lowest BCUT2D eigenvalue weighted by molar-refractivity contribution is -0.123. The molecule has 2 fully saturated rings. The molecule has 2 nitrogen and oxygen atoms in total. The van der Waals surface area contributed by atoms with Gasteiger partial charge < -0.3 is 0 Å². The minimum Gasteiger partial charge on any atom is -0.298 e. The van der Waals surface area contributed by atoms with Crippen molar-refractivity contribution in [2.75, 3.05) is 0 Å². The molecular weight excluding hydrogens is 281 g/mol. The van der Waals surface area contributed by atoms with Crippen molar-refractivity contribution in [1.82, 2.24) is 0 Å². The predicted octanol–water partition coefficient (Wildman–Crippen LogP) is 4.22. The second kappa shape index (κ2) is 4.81. The number of ketones is 1. The van der Waals surface area contributed by atoms with E-state index in [2.05, 4.69) is 6.07 Å². The second-order valence-corrected chi connectivity index (χ2v) is 6.34. The first-order valence-electron chi connectivity index (χ1n) is 6.49. The Morgan fingerprint density at radius 3 is 2.32 bits per heavy atom. The standard InChI is InChI=1S/C15H13Cl2NO/c16-12-2-1-3-13(17)14(12)11(7-18)15(19)10-5-8-4-9(8)6-10/h1-3,8-11H,4-6H2. The smallest absolute Gasteiger partial charge is 0.157 e. The molecule has 4 heteroatoms. The number of hydrogen-bond acceptors (Lipinski definition) is 2. The van der Waals surface area contributed by atoms with Gasteiger partial charge in [-0.15, -0.1) is 0 Å². The SMILES string of the molecule is N#CC(C(=O)C1CC2CC2C1)c1c(Cl)cccc1Cl. The summed E-state index contributed by atoms with van der Waals surface area (Å²) < 4.78 is 0. The second-order valence-electron chi connectivity index (χ2n) is 5.52. The fourth-order valence-corrected chi connectivity index (χ4v) is 3.86. The number of halogens is 2. The number of benzene rings is 1. The third-order valence-electron chi connectivity index (χ3n) is 4.35. The van der Waals surface area contributed by atoms with E-state index in [1.54, 1.807) is 18.2 Å². The summed E-state index contributed by atoms with van der Waals surface area (Å²) in [5.41, 5.74) is 0.471. The quantitative estimate of drug-likeness (QED) is 0.837. The predicted molar refractivity (Wildman–Crippen MR) is 74.1 cm³/mol. The van der Waals surface area contributed by atoms with E-state index in [9.17, 15) is 10.1 Å². The molecule has 0 heterocycles. The van der Waals surface area contributed by atoms with E-state index in [0.717, 1.165) is 24.7 Å². The van der Waals surface area contributed by atoms with Crippen LogP contribution in [0.3, 0.4) is 0 Å². The number of nitrogens with zero attached hydrogens (tertiary/aromatic N) is 1. The highest BCUT2D eigenvalue weighted by molar-refractivity contribution is 6.36. The van der Waals surface area contributed by atoms with Gasteiger partial charge >= 0.3 is 0 Å². The molecule has 0 N–H and O–H groups in total. The molecule has 98 valence electrons. The molecule has 3 unspecified atom stereocenters. The van der Waals surface area contributed by atoms with E-state index in [-0.39, 0.29) is 11.7 Å². The normalized spacial score (nSPS) is 29.4. The van der Waals surface area contributed by atoms with Crippen molar-refractivity contribution in [2.24, 2.45) is 17.8 Å². The molecule has 1 aromatic carbocycles. The van der Waals surface area contributed by atoms with E-state index in [4.69, 9.17) is 23.2 Å². The molecule has 0 bridgehead atoms. The maximum absolute atomic E-state index is 12.5.